The van der Waals surface area contributed by atoms with Gasteiger partial charge in [-0.3, -0.25) is 14.5 Å². The molecule has 9 heteroatoms. The number of H-pyrrole nitrogens is 2. The maximum absolute atomic E-state index is 14.1. The molecule has 5 rings (SSSR count). The predicted molar refractivity (Wildman–Crippen MR) is 138 cm³/mol. The Morgan fingerprint density at radius 1 is 1.06 bits per heavy atom. The van der Waals surface area contributed by atoms with Crippen LogP contribution in [0, 0.1) is 17.5 Å². The second-order valence-electron chi connectivity index (χ2n) is 7.92. The molecule has 1 fully saturated rings. The number of aromatic amines is 2. The molecular weight excluding hydrogens is 471 g/mol. The van der Waals surface area contributed by atoms with Gasteiger partial charge >= 0.3 is 0 Å². The third kappa shape index (κ3) is 6.90. The van der Waals surface area contributed by atoms with Crippen LogP contribution in [0.15, 0.2) is 48.8 Å². The van der Waals surface area contributed by atoms with Crippen molar-refractivity contribution < 1.29 is 13.2 Å². The standard InChI is InChI=1S/C18H14F3N.C6H12N4S.C2H6/c19-12-6-4-11(5-7-12)17-16(10-2-1-3-10)14-8-13(20)9-15(21)18(14)22-17;1-7-11-10-3-2-6-4-8-9-5-6;1-2/h4-10,22H,1-3H2;4-5,7,10H,2-3H2,1H3,(H,8,9);1-2H3. The van der Waals surface area contributed by atoms with E-state index < -0.39 is 11.6 Å². The zero-order valence-corrected chi connectivity index (χ0v) is 21.0. The number of aromatic nitrogens is 3. The molecule has 0 bridgehead atoms. The Morgan fingerprint density at radius 2 is 1.80 bits per heavy atom. The number of hydrogen-bond donors (Lipinski definition) is 4. The molecule has 2 aromatic carbocycles. The molecule has 1 aliphatic rings. The lowest BCUT2D eigenvalue weighted by Crippen LogP contribution is -2.12. The number of nitrogens with zero attached hydrogens (tertiary/aromatic N) is 1. The van der Waals surface area contributed by atoms with E-state index in [2.05, 4.69) is 24.6 Å². The van der Waals surface area contributed by atoms with Crippen molar-refractivity contribution in [2.75, 3.05) is 13.6 Å². The highest BCUT2D eigenvalue weighted by molar-refractivity contribution is 7.95. The van der Waals surface area contributed by atoms with E-state index in [0.29, 0.717) is 16.8 Å². The smallest absolute Gasteiger partial charge is 0.150 e. The Labute approximate surface area is 208 Å². The maximum Gasteiger partial charge on any atom is 0.150 e. The summed E-state index contributed by atoms with van der Waals surface area (Å²) in [5.74, 6) is -1.18. The van der Waals surface area contributed by atoms with Crippen LogP contribution in [0.5, 0.6) is 0 Å². The lowest BCUT2D eigenvalue weighted by molar-refractivity contribution is 0.423. The first kappa shape index (κ1) is 26.8. The molecule has 0 radical (unpaired) electrons. The van der Waals surface area contributed by atoms with Gasteiger partial charge in [0.25, 0.3) is 0 Å². The normalized spacial score (nSPS) is 13.0. The van der Waals surface area contributed by atoms with Crippen LogP contribution in [0.1, 0.15) is 50.2 Å². The summed E-state index contributed by atoms with van der Waals surface area (Å²) in [6.45, 7) is 4.95. The van der Waals surface area contributed by atoms with Crippen LogP contribution < -0.4 is 9.44 Å². The van der Waals surface area contributed by atoms with Crippen molar-refractivity contribution in [3.05, 3.63) is 77.4 Å². The molecule has 2 heterocycles. The number of hydrogen-bond acceptors (Lipinski definition) is 4. The quantitative estimate of drug-likeness (QED) is 0.164. The summed E-state index contributed by atoms with van der Waals surface area (Å²) in [6.07, 6.45) is 7.90. The monoisotopic (exact) mass is 503 g/mol. The number of rotatable bonds is 7. The van der Waals surface area contributed by atoms with Crippen molar-refractivity contribution in [2.45, 2.75) is 45.4 Å². The van der Waals surface area contributed by atoms with Crippen molar-refractivity contribution in [3.8, 4) is 11.3 Å². The van der Waals surface area contributed by atoms with Gasteiger partial charge in [-0.2, -0.15) is 5.10 Å². The van der Waals surface area contributed by atoms with Crippen LogP contribution in [0.3, 0.4) is 0 Å². The summed E-state index contributed by atoms with van der Waals surface area (Å²) < 4.78 is 46.9. The van der Waals surface area contributed by atoms with Gasteiger partial charge in [-0.1, -0.05) is 20.3 Å². The van der Waals surface area contributed by atoms with Gasteiger partial charge in [-0.25, -0.2) is 13.2 Å². The van der Waals surface area contributed by atoms with E-state index in [1.165, 1.54) is 35.9 Å². The van der Waals surface area contributed by atoms with Gasteiger partial charge in [0.15, 0.2) is 0 Å². The second kappa shape index (κ2) is 13.4. The van der Waals surface area contributed by atoms with Crippen molar-refractivity contribution in [3.63, 3.8) is 0 Å². The van der Waals surface area contributed by atoms with Crippen LogP contribution in [0.4, 0.5) is 13.2 Å². The lowest BCUT2D eigenvalue weighted by atomic mass is 9.78. The molecule has 35 heavy (non-hydrogen) atoms. The minimum absolute atomic E-state index is 0.301. The number of nitrogens with one attached hydrogen (secondary N) is 4. The molecule has 188 valence electrons. The van der Waals surface area contributed by atoms with Crippen LogP contribution in [0.2, 0.25) is 0 Å². The summed E-state index contributed by atoms with van der Waals surface area (Å²) in [5.41, 5.74) is 4.06. The Bertz CT molecular complexity index is 1170. The van der Waals surface area contributed by atoms with Gasteiger partial charge in [0.05, 0.1) is 17.4 Å². The van der Waals surface area contributed by atoms with Crippen molar-refractivity contribution in [2.24, 2.45) is 0 Å². The van der Waals surface area contributed by atoms with Crippen molar-refractivity contribution >= 4 is 23.0 Å². The highest BCUT2D eigenvalue weighted by atomic mass is 32.2. The van der Waals surface area contributed by atoms with Crippen LogP contribution in [-0.2, 0) is 6.42 Å². The van der Waals surface area contributed by atoms with E-state index in [9.17, 15) is 13.2 Å². The third-order valence-electron chi connectivity index (χ3n) is 5.76. The third-order valence-corrected chi connectivity index (χ3v) is 6.31. The molecule has 1 saturated carbocycles. The molecular formula is C26H32F3N5S. The number of halogens is 3. The van der Waals surface area contributed by atoms with Crippen molar-refractivity contribution in [1.82, 2.24) is 24.6 Å². The van der Waals surface area contributed by atoms with E-state index in [4.69, 9.17) is 0 Å². The molecule has 0 unspecified atom stereocenters. The molecule has 0 aliphatic heterocycles. The average molecular weight is 504 g/mol. The molecule has 2 aromatic heterocycles. The van der Waals surface area contributed by atoms with E-state index in [0.717, 1.165) is 55.1 Å². The van der Waals surface area contributed by atoms with E-state index in [1.54, 1.807) is 12.1 Å². The summed E-state index contributed by atoms with van der Waals surface area (Å²) in [7, 11) is 1.88. The average Bonchev–Trinajstić information content (AvgIpc) is 3.47. The first-order valence-corrected chi connectivity index (χ1v) is 12.7. The Morgan fingerprint density at radius 3 is 2.40 bits per heavy atom. The van der Waals surface area contributed by atoms with E-state index in [1.807, 2.05) is 33.3 Å². The Kier molecular flexibility index (Phi) is 10.3. The predicted octanol–water partition coefficient (Wildman–Crippen LogP) is 6.87. The van der Waals surface area contributed by atoms with Crippen molar-refractivity contribution in [1.29, 1.82) is 0 Å². The van der Waals surface area contributed by atoms with Crippen LogP contribution in [0.25, 0.3) is 22.2 Å². The van der Waals surface area contributed by atoms with Gasteiger partial charge in [0.2, 0.25) is 0 Å². The minimum atomic E-state index is -0.594. The fourth-order valence-corrected chi connectivity index (χ4v) is 4.29. The lowest BCUT2D eigenvalue weighted by Gasteiger charge is -2.26. The summed E-state index contributed by atoms with van der Waals surface area (Å²) in [6, 6.07) is 8.35. The molecule has 0 atom stereocenters. The van der Waals surface area contributed by atoms with Crippen LogP contribution in [-0.4, -0.2) is 28.8 Å². The van der Waals surface area contributed by atoms with Gasteiger partial charge in [-0.05, 0) is 79.3 Å². The summed E-state index contributed by atoms with van der Waals surface area (Å²) in [4.78, 5) is 3.08. The molecule has 0 spiro atoms. The maximum atomic E-state index is 14.1. The zero-order chi connectivity index (χ0) is 25.2. The fourth-order valence-electron chi connectivity index (χ4n) is 3.94. The van der Waals surface area contributed by atoms with Gasteiger partial charge < -0.3 is 4.98 Å². The molecule has 5 nitrogen and oxygen atoms in total. The van der Waals surface area contributed by atoms with Gasteiger partial charge in [-0.15, -0.1) is 0 Å². The Hall–Kier alpha value is -2.75. The molecule has 4 aromatic rings. The van der Waals surface area contributed by atoms with E-state index in [-0.39, 0.29) is 5.82 Å². The fraction of sp³-hybridized carbons (Fsp3) is 0.346. The second-order valence-corrected chi connectivity index (χ2v) is 8.82. The molecule has 1 aliphatic carbocycles. The largest absolute Gasteiger partial charge is 0.352 e. The number of benzene rings is 2. The van der Waals surface area contributed by atoms with Crippen LogP contribution >= 0.6 is 12.1 Å². The minimum Gasteiger partial charge on any atom is -0.352 e. The Balaban J connectivity index is 0.000000223. The van der Waals surface area contributed by atoms with Gasteiger partial charge in [0, 0.05) is 36.3 Å². The summed E-state index contributed by atoms with van der Waals surface area (Å²) in [5, 5.41) is 7.21. The highest BCUT2D eigenvalue weighted by Gasteiger charge is 2.27. The zero-order valence-electron chi connectivity index (χ0n) is 20.2. The molecule has 4 N–H and O–H groups in total. The SMILES string of the molecule is CC.CNSNCCc1cn[nH]c1.Fc1ccc(-c2[nH]c3c(F)cc(F)cc3c2C2CCC2)cc1. The molecule has 0 amide bonds. The highest BCUT2D eigenvalue weighted by Crippen LogP contribution is 2.45. The number of fused-ring (bicyclic) bond motifs is 1. The van der Waals surface area contributed by atoms with E-state index >= 15 is 0 Å². The van der Waals surface area contributed by atoms with Gasteiger partial charge in [0.1, 0.15) is 17.5 Å². The first-order valence-electron chi connectivity index (χ1n) is 11.9. The topological polar surface area (TPSA) is 68.5 Å². The summed E-state index contributed by atoms with van der Waals surface area (Å²) >= 11 is 1.50. The first-order chi connectivity index (χ1) is 17.1. The molecule has 0 saturated heterocycles.